The molecule has 4 aromatic rings. The van der Waals surface area contributed by atoms with Crippen LogP contribution < -0.4 is 0 Å². The molecule has 2 heteroatoms. The molecule has 0 spiro atoms. The minimum absolute atomic E-state index is 0.00625. The molecule has 28 heavy (non-hydrogen) atoms. The van der Waals surface area contributed by atoms with Gasteiger partial charge in [-0.15, -0.1) is 11.6 Å². The van der Waals surface area contributed by atoms with Crippen molar-refractivity contribution in [3.05, 3.63) is 143 Å². The van der Waals surface area contributed by atoms with Gasteiger partial charge in [0.25, 0.3) is 0 Å². The number of halogens is 1. The number of hydrogen-bond donors (Lipinski definition) is 0. The molecular formula is C26H19ClO. The second-order valence-electron chi connectivity index (χ2n) is 6.66. The molecule has 0 aliphatic heterocycles. The molecule has 0 saturated carbocycles. The highest BCUT2D eigenvalue weighted by Crippen LogP contribution is 2.42. The minimum atomic E-state index is -0.823. The highest BCUT2D eigenvalue weighted by molar-refractivity contribution is 6.28. The molecule has 0 aliphatic rings. The summed E-state index contributed by atoms with van der Waals surface area (Å²) in [7, 11) is 0. The van der Waals surface area contributed by atoms with Crippen molar-refractivity contribution < 1.29 is 4.79 Å². The van der Waals surface area contributed by atoms with Gasteiger partial charge < -0.3 is 0 Å². The molecule has 0 saturated heterocycles. The van der Waals surface area contributed by atoms with Gasteiger partial charge in [0.2, 0.25) is 0 Å². The molecule has 0 aromatic heterocycles. The van der Waals surface area contributed by atoms with Gasteiger partial charge in [0.15, 0.2) is 5.78 Å². The molecule has 0 unspecified atom stereocenters. The molecule has 1 nitrogen and oxygen atoms in total. The van der Waals surface area contributed by atoms with Gasteiger partial charge in [-0.2, -0.15) is 0 Å². The van der Waals surface area contributed by atoms with E-state index in [9.17, 15) is 4.79 Å². The average Bonchev–Trinajstić information content (AvgIpc) is 2.80. The van der Waals surface area contributed by atoms with Crippen LogP contribution in [0.4, 0.5) is 0 Å². The Labute approximate surface area is 170 Å². The summed E-state index contributed by atoms with van der Waals surface area (Å²) in [4.78, 5) is 11.9. The van der Waals surface area contributed by atoms with E-state index in [1.807, 2.05) is 115 Å². The van der Waals surface area contributed by atoms with Gasteiger partial charge in [-0.1, -0.05) is 115 Å². The summed E-state index contributed by atoms with van der Waals surface area (Å²) in [5.74, 6) is 0.00625. The van der Waals surface area contributed by atoms with E-state index in [0.717, 1.165) is 16.7 Å². The highest BCUT2D eigenvalue weighted by atomic mass is 35.5. The maximum absolute atomic E-state index is 12.7. The van der Waals surface area contributed by atoms with Crippen molar-refractivity contribution in [1.29, 1.82) is 0 Å². The van der Waals surface area contributed by atoms with Crippen LogP contribution in [-0.2, 0) is 4.87 Å². The molecular weight excluding hydrogens is 364 g/mol. The summed E-state index contributed by atoms with van der Waals surface area (Å²) < 4.78 is 0. The van der Waals surface area contributed by atoms with Gasteiger partial charge >= 0.3 is 0 Å². The highest BCUT2D eigenvalue weighted by Gasteiger charge is 2.33. The van der Waals surface area contributed by atoms with Gasteiger partial charge in [0.05, 0.1) is 0 Å². The fourth-order valence-electron chi connectivity index (χ4n) is 3.44. The molecule has 0 atom stereocenters. The van der Waals surface area contributed by atoms with Gasteiger partial charge in [0, 0.05) is 11.1 Å². The number of alkyl halides is 1. The van der Waals surface area contributed by atoms with Crippen molar-refractivity contribution in [3.8, 4) is 0 Å². The Bertz CT molecular complexity index is 1020. The Kier molecular flexibility index (Phi) is 5.10. The molecule has 0 amide bonds. The summed E-state index contributed by atoms with van der Waals surface area (Å²) >= 11 is 7.28. The summed E-state index contributed by atoms with van der Waals surface area (Å²) in [6, 6.07) is 36.9. The molecule has 136 valence electrons. The van der Waals surface area contributed by atoms with Gasteiger partial charge in [-0.05, 0) is 16.7 Å². The zero-order valence-corrected chi connectivity index (χ0v) is 16.0. The van der Waals surface area contributed by atoms with Gasteiger partial charge in [0.1, 0.15) is 4.87 Å². The quantitative estimate of drug-likeness (QED) is 0.220. The Morgan fingerprint density at radius 2 is 0.857 bits per heavy atom. The largest absolute Gasteiger partial charge is 0.289 e. The third-order valence-corrected chi connectivity index (χ3v) is 5.58. The number of ketones is 1. The normalized spacial score (nSPS) is 11.2. The summed E-state index contributed by atoms with van der Waals surface area (Å²) in [6.45, 7) is 0. The molecule has 0 fully saturated rings. The minimum Gasteiger partial charge on any atom is -0.289 e. The summed E-state index contributed by atoms with van der Waals surface area (Å²) in [5.41, 5.74) is 4.24. The average molecular weight is 383 g/mol. The monoisotopic (exact) mass is 382 g/mol. The molecule has 0 N–H and O–H groups in total. The molecule has 0 heterocycles. The van der Waals surface area contributed by atoms with E-state index in [1.54, 1.807) is 0 Å². The third-order valence-electron chi connectivity index (χ3n) is 4.92. The van der Waals surface area contributed by atoms with Crippen LogP contribution in [0.2, 0.25) is 0 Å². The third kappa shape index (κ3) is 3.37. The van der Waals surface area contributed by atoms with Crippen molar-refractivity contribution in [2.24, 2.45) is 0 Å². The van der Waals surface area contributed by atoms with E-state index >= 15 is 0 Å². The first-order valence-corrected chi connectivity index (χ1v) is 9.57. The topological polar surface area (TPSA) is 17.1 Å². The zero-order valence-electron chi connectivity index (χ0n) is 15.3. The van der Waals surface area contributed by atoms with E-state index in [1.165, 1.54) is 0 Å². The first-order chi connectivity index (χ1) is 13.7. The van der Waals surface area contributed by atoms with E-state index in [-0.39, 0.29) is 5.78 Å². The Morgan fingerprint density at radius 1 is 0.500 bits per heavy atom. The van der Waals surface area contributed by atoms with Crippen molar-refractivity contribution in [2.45, 2.75) is 4.87 Å². The van der Waals surface area contributed by atoms with Crippen LogP contribution in [-0.4, -0.2) is 5.78 Å². The smallest absolute Gasteiger partial charge is 0.193 e. The SMILES string of the molecule is O=C(c1ccccc1)c1ccc(C(Cl)(c2ccccc2)c2ccccc2)cc1. The molecule has 4 aromatic carbocycles. The van der Waals surface area contributed by atoms with Crippen LogP contribution >= 0.6 is 11.6 Å². The first-order valence-electron chi connectivity index (χ1n) is 9.20. The maximum atomic E-state index is 12.7. The number of carbonyl (C=O) groups excluding carboxylic acids is 1. The van der Waals surface area contributed by atoms with E-state index in [2.05, 4.69) is 0 Å². The summed E-state index contributed by atoms with van der Waals surface area (Å²) in [6.07, 6.45) is 0. The maximum Gasteiger partial charge on any atom is 0.193 e. The fourth-order valence-corrected chi connectivity index (χ4v) is 3.82. The van der Waals surface area contributed by atoms with Gasteiger partial charge in [-0.3, -0.25) is 4.79 Å². The summed E-state index contributed by atoms with van der Waals surface area (Å²) in [5, 5.41) is 0. The van der Waals surface area contributed by atoms with Crippen molar-refractivity contribution in [2.75, 3.05) is 0 Å². The standard InChI is InChI=1S/C26H19ClO/c27-26(22-12-6-2-7-13-22,23-14-8-3-9-15-23)24-18-16-21(17-19-24)25(28)20-10-4-1-5-11-20/h1-19H. The lowest BCUT2D eigenvalue weighted by atomic mass is 9.83. The number of rotatable bonds is 5. The lowest BCUT2D eigenvalue weighted by Crippen LogP contribution is -2.22. The lowest BCUT2D eigenvalue weighted by Gasteiger charge is -2.29. The van der Waals surface area contributed by atoms with E-state index in [0.29, 0.717) is 11.1 Å². The molecule has 0 bridgehead atoms. The molecule has 0 aliphatic carbocycles. The second-order valence-corrected chi connectivity index (χ2v) is 7.23. The first kappa shape index (κ1) is 18.2. The van der Waals surface area contributed by atoms with Crippen molar-refractivity contribution in [3.63, 3.8) is 0 Å². The van der Waals surface area contributed by atoms with E-state index in [4.69, 9.17) is 11.6 Å². The number of hydrogen-bond acceptors (Lipinski definition) is 1. The van der Waals surface area contributed by atoms with Crippen LogP contribution in [0.25, 0.3) is 0 Å². The zero-order chi connectivity index (χ0) is 19.4. The number of carbonyl (C=O) groups is 1. The van der Waals surface area contributed by atoms with Crippen LogP contribution in [0.5, 0.6) is 0 Å². The predicted molar refractivity (Wildman–Crippen MR) is 115 cm³/mol. The Morgan fingerprint density at radius 3 is 1.32 bits per heavy atom. The van der Waals surface area contributed by atoms with Crippen molar-refractivity contribution >= 4 is 17.4 Å². The predicted octanol–water partition coefficient (Wildman–Crippen LogP) is 6.45. The second kappa shape index (κ2) is 7.84. The van der Waals surface area contributed by atoms with Crippen LogP contribution in [0, 0.1) is 0 Å². The van der Waals surface area contributed by atoms with Crippen LogP contribution in [0.1, 0.15) is 32.6 Å². The lowest BCUT2D eigenvalue weighted by molar-refractivity contribution is 0.103. The fraction of sp³-hybridized carbons (Fsp3) is 0.0385. The molecule has 4 rings (SSSR count). The van der Waals surface area contributed by atoms with Crippen LogP contribution in [0.3, 0.4) is 0 Å². The number of benzene rings is 4. The Balaban J connectivity index is 1.77. The van der Waals surface area contributed by atoms with Gasteiger partial charge in [-0.25, -0.2) is 0 Å². The Hall–Kier alpha value is -3.16. The van der Waals surface area contributed by atoms with E-state index < -0.39 is 4.87 Å². The molecule has 0 radical (unpaired) electrons. The van der Waals surface area contributed by atoms with Crippen LogP contribution in [0.15, 0.2) is 115 Å². The van der Waals surface area contributed by atoms with Crippen molar-refractivity contribution in [1.82, 2.24) is 0 Å².